The van der Waals surface area contributed by atoms with Gasteiger partial charge in [0.05, 0.1) is 12.1 Å². The Hall–Kier alpha value is -3.71. The molecule has 0 aliphatic carbocycles. The van der Waals surface area contributed by atoms with Crippen LogP contribution >= 0.6 is 11.3 Å². The third kappa shape index (κ3) is 3.68. The molecule has 0 fully saturated rings. The highest BCUT2D eigenvalue weighted by molar-refractivity contribution is 7.12. The maximum Gasteiger partial charge on any atom is 0.230 e. The lowest BCUT2D eigenvalue weighted by Crippen LogP contribution is -2.14. The van der Waals surface area contributed by atoms with Crippen LogP contribution < -0.4 is 5.32 Å². The predicted molar refractivity (Wildman–Crippen MR) is 113 cm³/mol. The molecule has 5 rings (SSSR count). The molecule has 0 unspecified atom stereocenters. The normalized spacial score (nSPS) is 11.0. The van der Waals surface area contributed by atoms with Gasteiger partial charge in [0, 0.05) is 29.0 Å². The summed E-state index contributed by atoms with van der Waals surface area (Å²) < 4.78 is 7.71. The van der Waals surface area contributed by atoms with E-state index in [4.69, 9.17) is 4.42 Å². The lowest BCUT2D eigenvalue weighted by Gasteiger charge is -2.04. The van der Waals surface area contributed by atoms with E-state index in [2.05, 4.69) is 15.3 Å². The number of aromatic nitrogens is 3. The summed E-state index contributed by atoms with van der Waals surface area (Å²) in [5.41, 5.74) is 3.90. The molecule has 0 saturated heterocycles. The number of amides is 1. The zero-order valence-electron chi connectivity index (χ0n) is 15.3. The van der Waals surface area contributed by atoms with Gasteiger partial charge in [-0.25, -0.2) is 9.97 Å². The van der Waals surface area contributed by atoms with Crippen molar-refractivity contribution in [3.8, 4) is 16.6 Å². The number of thiazole rings is 1. The number of nitrogens with one attached hydrogen (secondary N) is 1. The van der Waals surface area contributed by atoms with E-state index < -0.39 is 0 Å². The van der Waals surface area contributed by atoms with E-state index in [9.17, 15) is 4.79 Å². The van der Waals surface area contributed by atoms with E-state index in [1.165, 1.54) is 11.3 Å². The molecular weight excluding hydrogens is 384 g/mol. The number of hydrogen-bond donors (Lipinski definition) is 1. The number of fused-ring (bicyclic) bond motifs is 1. The first kappa shape index (κ1) is 17.4. The number of nitrogens with zero attached hydrogens (tertiary/aromatic N) is 3. The topological polar surface area (TPSA) is 73.0 Å². The van der Waals surface area contributed by atoms with E-state index >= 15 is 0 Å². The zero-order chi connectivity index (χ0) is 19.6. The first-order valence-corrected chi connectivity index (χ1v) is 9.96. The van der Waals surface area contributed by atoms with Crippen molar-refractivity contribution >= 4 is 34.0 Å². The van der Waals surface area contributed by atoms with Crippen molar-refractivity contribution in [1.82, 2.24) is 14.5 Å². The van der Waals surface area contributed by atoms with E-state index in [0.29, 0.717) is 5.89 Å². The highest BCUT2D eigenvalue weighted by atomic mass is 32.1. The fourth-order valence-electron chi connectivity index (χ4n) is 3.02. The standard InChI is InChI=1S/C22H16N4O2S/c27-20(13-17-14-29-22(24-17)26-11-3-4-12-26)23-16-9-7-15(8-10-16)21-25-18-5-1-2-6-19(18)28-21/h1-12,14H,13H2,(H,23,27). The number of anilines is 1. The minimum Gasteiger partial charge on any atom is -0.436 e. The van der Waals surface area contributed by atoms with Crippen LogP contribution in [0.15, 0.2) is 82.9 Å². The maximum absolute atomic E-state index is 12.4. The molecule has 29 heavy (non-hydrogen) atoms. The monoisotopic (exact) mass is 400 g/mol. The van der Waals surface area contributed by atoms with Gasteiger partial charge < -0.3 is 14.3 Å². The van der Waals surface area contributed by atoms with Gasteiger partial charge >= 0.3 is 0 Å². The summed E-state index contributed by atoms with van der Waals surface area (Å²) >= 11 is 1.51. The molecule has 0 aliphatic heterocycles. The van der Waals surface area contributed by atoms with Gasteiger partial charge in [-0.2, -0.15) is 0 Å². The number of oxazole rings is 1. The molecule has 0 atom stereocenters. The molecule has 0 spiro atoms. The summed E-state index contributed by atoms with van der Waals surface area (Å²) in [6, 6.07) is 19.0. The Kier molecular flexibility index (Phi) is 4.42. The zero-order valence-corrected chi connectivity index (χ0v) is 16.1. The number of benzene rings is 2. The minimum atomic E-state index is -0.107. The lowest BCUT2D eigenvalue weighted by atomic mass is 10.2. The quantitative estimate of drug-likeness (QED) is 0.454. The van der Waals surface area contributed by atoms with Crippen LogP contribution in [-0.2, 0) is 11.2 Å². The van der Waals surface area contributed by atoms with Crippen molar-refractivity contribution in [3.63, 3.8) is 0 Å². The average Bonchev–Trinajstić information content (AvgIpc) is 3.48. The summed E-state index contributed by atoms with van der Waals surface area (Å²) in [5, 5.41) is 5.66. The second-order valence-electron chi connectivity index (χ2n) is 6.50. The van der Waals surface area contributed by atoms with E-state index in [0.717, 1.165) is 33.2 Å². The van der Waals surface area contributed by atoms with Crippen molar-refractivity contribution in [1.29, 1.82) is 0 Å². The smallest absolute Gasteiger partial charge is 0.230 e. The first-order chi connectivity index (χ1) is 14.2. The predicted octanol–water partition coefficient (Wildman–Crippen LogP) is 4.92. The van der Waals surface area contributed by atoms with Gasteiger partial charge in [-0.3, -0.25) is 4.79 Å². The van der Waals surface area contributed by atoms with Crippen molar-refractivity contribution in [3.05, 3.63) is 84.1 Å². The molecule has 3 aromatic heterocycles. The highest BCUT2D eigenvalue weighted by Crippen LogP contribution is 2.25. The Labute approximate surface area is 170 Å². The minimum absolute atomic E-state index is 0.107. The van der Waals surface area contributed by atoms with Gasteiger partial charge in [-0.15, -0.1) is 11.3 Å². The summed E-state index contributed by atoms with van der Waals surface area (Å²) in [5.74, 6) is 0.452. The highest BCUT2D eigenvalue weighted by Gasteiger charge is 2.11. The molecule has 5 aromatic rings. The Balaban J connectivity index is 1.25. The van der Waals surface area contributed by atoms with Crippen LogP contribution in [0.3, 0.4) is 0 Å². The van der Waals surface area contributed by atoms with Crippen LogP contribution in [0.1, 0.15) is 5.69 Å². The summed E-state index contributed by atoms with van der Waals surface area (Å²) in [7, 11) is 0. The SMILES string of the molecule is O=C(Cc1csc(-n2cccc2)n1)Nc1ccc(-c2nc3ccccc3o2)cc1. The van der Waals surface area contributed by atoms with Gasteiger partial charge in [0.25, 0.3) is 0 Å². The van der Waals surface area contributed by atoms with Crippen LogP contribution in [0.25, 0.3) is 27.7 Å². The molecule has 3 heterocycles. The molecule has 1 amide bonds. The third-order valence-corrected chi connectivity index (χ3v) is 5.32. The molecular formula is C22H16N4O2S. The molecule has 1 N–H and O–H groups in total. The number of hydrogen-bond acceptors (Lipinski definition) is 5. The average molecular weight is 400 g/mol. The van der Waals surface area contributed by atoms with Gasteiger partial charge in [-0.1, -0.05) is 12.1 Å². The van der Waals surface area contributed by atoms with Crippen LogP contribution in [0.4, 0.5) is 5.69 Å². The summed E-state index contributed by atoms with van der Waals surface area (Å²) in [4.78, 5) is 21.4. The van der Waals surface area contributed by atoms with E-state index in [1.807, 2.05) is 83.0 Å². The Morgan fingerprint density at radius 2 is 1.79 bits per heavy atom. The van der Waals surface area contributed by atoms with Crippen LogP contribution in [0, 0.1) is 0 Å². The van der Waals surface area contributed by atoms with Gasteiger partial charge in [-0.05, 0) is 48.5 Å². The number of para-hydroxylation sites is 2. The van der Waals surface area contributed by atoms with Crippen molar-refractivity contribution in [2.75, 3.05) is 5.32 Å². The van der Waals surface area contributed by atoms with Crippen molar-refractivity contribution in [2.45, 2.75) is 6.42 Å². The first-order valence-electron chi connectivity index (χ1n) is 9.08. The maximum atomic E-state index is 12.4. The molecule has 0 aliphatic rings. The van der Waals surface area contributed by atoms with Crippen LogP contribution in [0.5, 0.6) is 0 Å². The van der Waals surface area contributed by atoms with E-state index in [1.54, 1.807) is 0 Å². The number of carbonyl (C=O) groups excluding carboxylic acids is 1. The van der Waals surface area contributed by atoms with Crippen molar-refractivity contribution in [2.24, 2.45) is 0 Å². The fraction of sp³-hybridized carbons (Fsp3) is 0.0455. The van der Waals surface area contributed by atoms with Gasteiger partial charge in [0.1, 0.15) is 5.52 Å². The second-order valence-corrected chi connectivity index (χ2v) is 7.34. The number of carbonyl (C=O) groups is 1. The molecule has 2 aromatic carbocycles. The molecule has 0 bridgehead atoms. The Bertz CT molecular complexity index is 1240. The molecule has 6 nitrogen and oxygen atoms in total. The lowest BCUT2D eigenvalue weighted by molar-refractivity contribution is -0.115. The summed E-state index contributed by atoms with van der Waals surface area (Å²) in [6.45, 7) is 0. The Morgan fingerprint density at radius 3 is 2.59 bits per heavy atom. The molecule has 7 heteroatoms. The van der Waals surface area contributed by atoms with Gasteiger partial charge in [0.15, 0.2) is 10.7 Å². The largest absolute Gasteiger partial charge is 0.436 e. The summed E-state index contributed by atoms with van der Waals surface area (Å²) in [6.07, 6.45) is 4.09. The van der Waals surface area contributed by atoms with Crippen molar-refractivity contribution < 1.29 is 9.21 Å². The van der Waals surface area contributed by atoms with Gasteiger partial charge in [0.2, 0.25) is 11.8 Å². The second kappa shape index (κ2) is 7.37. The third-order valence-electron chi connectivity index (χ3n) is 4.42. The fourth-order valence-corrected chi connectivity index (χ4v) is 3.81. The molecule has 0 saturated carbocycles. The molecule has 142 valence electrons. The Morgan fingerprint density at radius 1 is 1.00 bits per heavy atom. The van der Waals surface area contributed by atoms with E-state index in [-0.39, 0.29) is 12.3 Å². The number of rotatable bonds is 5. The van der Waals surface area contributed by atoms with Crippen LogP contribution in [0.2, 0.25) is 0 Å². The van der Waals surface area contributed by atoms with Crippen LogP contribution in [-0.4, -0.2) is 20.4 Å². The molecule has 0 radical (unpaired) electrons.